The Labute approximate surface area is 107 Å². The molecule has 2 atom stereocenters. The van der Waals surface area contributed by atoms with Crippen molar-refractivity contribution in [3.8, 4) is 0 Å². The maximum atomic E-state index is 5.56. The fourth-order valence-corrected chi connectivity index (χ4v) is 2.87. The van der Waals surface area contributed by atoms with Gasteiger partial charge in [-0.05, 0) is 13.6 Å². The molecule has 4 nitrogen and oxygen atoms in total. The summed E-state index contributed by atoms with van der Waals surface area (Å²) in [6.45, 7) is 6.88. The molecule has 0 amide bonds. The zero-order chi connectivity index (χ0) is 12.1. The first-order valence-electron chi connectivity index (χ1n) is 6.16. The maximum Gasteiger partial charge on any atom is 0.0795 e. The second-order valence-corrected chi connectivity index (χ2v) is 5.36. The van der Waals surface area contributed by atoms with Gasteiger partial charge in [-0.15, -0.1) is 11.3 Å². The van der Waals surface area contributed by atoms with Gasteiger partial charge in [0.1, 0.15) is 0 Å². The van der Waals surface area contributed by atoms with Gasteiger partial charge < -0.3 is 15.0 Å². The molecule has 1 aliphatic heterocycles. The van der Waals surface area contributed by atoms with Crippen molar-refractivity contribution in [3.05, 3.63) is 16.6 Å². The molecule has 0 aliphatic carbocycles. The van der Waals surface area contributed by atoms with Gasteiger partial charge in [0.25, 0.3) is 0 Å². The summed E-state index contributed by atoms with van der Waals surface area (Å²) < 4.78 is 5.56. The van der Waals surface area contributed by atoms with Gasteiger partial charge in [0.05, 0.1) is 24.4 Å². The summed E-state index contributed by atoms with van der Waals surface area (Å²) in [4.78, 5) is 6.65. The van der Waals surface area contributed by atoms with Crippen molar-refractivity contribution in [2.45, 2.75) is 19.5 Å². The van der Waals surface area contributed by atoms with Crippen LogP contribution in [0.3, 0.4) is 0 Å². The van der Waals surface area contributed by atoms with Crippen LogP contribution in [-0.4, -0.2) is 49.3 Å². The fourth-order valence-electron chi connectivity index (χ4n) is 2.32. The van der Waals surface area contributed by atoms with E-state index in [0.29, 0.717) is 12.0 Å². The second-order valence-electron chi connectivity index (χ2n) is 4.64. The van der Waals surface area contributed by atoms with Crippen LogP contribution in [0.5, 0.6) is 0 Å². The molecular formula is C12H21N3OS. The van der Waals surface area contributed by atoms with E-state index in [1.165, 1.54) is 0 Å². The predicted molar refractivity (Wildman–Crippen MR) is 70.2 cm³/mol. The molecule has 1 N–H and O–H groups in total. The summed E-state index contributed by atoms with van der Waals surface area (Å²) in [6, 6.07) is 0.512. The molecule has 0 bridgehead atoms. The Morgan fingerprint density at radius 1 is 1.59 bits per heavy atom. The number of aromatic nitrogens is 1. The van der Waals surface area contributed by atoms with Gasteiger partial charge in [-0.25, -0.2) is 4.98 Å². The average Bonchev–Trinajstić information content (AvgIpc) is 2.92. The lowest BCUT2D eigenvalue weighted by molar-refractivity contribution is 0.172. The Morgan fingerprint density at radius 2 is 2.47 bits per heavy atom. The molecule has 2 rings (SSSR count). The lowest BCUT2D eigenvalue weighted by atomic mass is 10.0. The number of nitrogens with zero attached hydrogens (tertiary/aromatic N) is 2. The summed E-state index contributed by atoms with van der Waals surface area (Å²) in [5, 5.41) is 5.61. The van der Waals surface area contributed by atoms with Crippen LogP contribution < -0.4 is 5.32 Å². The highest BCUT2D eigenvalue weighted by Gasteiger charge is 2.28. The van der Waals surface area contributed by atoms with Crippen molar-refractivity contribution in [2.24, 2.45) is 5.92 Å². The Bertz CT molecular complexity index is 318. The fraction of sp³-hybridized carbons (Fsp3) is 0.750. The van der Waals surface area contributed by atoms with Gasteiger partial charge in [-0.3, -0.25) is 0 Å². The number of nitrogens with one attached hydrogen (secondary N) is 1. The molecule has 1 aliphatic rings. The van der Waals surface area contributed by atoms with Crippen molar-refractivity contribution >= 4 is 11.3 Å². The van der Waals surface area contributed by atoms with Gasteiger partial charge >= 0.3 is 0 Å². The molecule has 0 saturated carbocycles. The molecule has 1 saturated heterocycles. The van der Waals surface area contributed by atoms with Gasteiger partial charge in [-0.1, -0.05) is 6.92 Å². The number of likely N-dealkylation sites (N-methyl/N-ethyl adjacent to an activating group) is 1. The molecule has 1 aromatic rings. The van der Waals surface area contributed by atoms with Crippen molar-refractivity contribution in [3.63, 3.8) is 0 Å². The van der Waals surface area contributed by atoms with Crippen molar-refractivity contribution in [1.29, 1.82) is 0 Å². The Morgan fingerprint density at radius 3 is 3.18 bits per heavy atom. The maximum absolute atomic E-state index is 5.56. The van der Waals surface area contributed by atoms with Gasteiger partial charge in [-0.2, -0.15) is 0 Å². The molecule has 1 fully saturated rings. The summed E-state index contributed by atoms with van der Waals surface area (Å²) in [7, 11) is 2.15. The van der Waals surface area contributed by atoms with Crippen LogP contribution in [-0.2, 0) is 11.3 Å². The van der Waals surface area contributed by atoms with Crippen LogP contribution in [0.25, 0.3) is 0 Å². The van der Waals surface area contributed by atoms with Crippen LogP contribution in [0.1, 0.15) is 12.6 Å². The molecule has 1 aromatic heterocycles. The minimum absolute atomic E-state index is 0.512. The number of thiazole rings is 1. The number of ether oxygens (including phenoxy) is 1. The molecular weight excluding hydrogens is 234 g/mol. The first-order chi connectivity index (χ1) is 8.29. The van der Waals surface area contributed by atoms with Crippen LogP contribution >= 0.6 is 11.3 Å². The third-order valence-electron chi connectivity index (χ3n) is 3.13. The van der Waals surface area contributed by atoms with Crippen molar-refractivity contribution < 1.29 is 4.74 Å². The third-order valence-corrected chi connectivity index (χ3v) is 3.76. The van der Waals surface area contributed by atoms with Gasteiger partial charge in [0.15, 0.2) is 0 Å². The first-order valence-corrected chi connectivity index (χ1v) is 7.10. The predicted octanol–water partition coefficient (Wildman–Crippen LogP) is 1.20. The van der Waals surface area contributed by atoms with E-state index in [0.717, 1.165) is 38.5 Å². The minimum atomic E-state index is 0.512. The molecule has 0 aromatic carbocycles. The monoisotopic (exact) mass is 255 g/mol. The lowest BCUT2D eigenvalue weighted by Gasteiger charge is -2.24. The summed E-state index contributed by atoms with van der Waals surface area (Å²) >= 11 is 1.66. The van der Waals surface area contributed by atoms with Crippen LogP contribution in [0.4, 0.5) is 0 Å². The molecule has 17 heavy (non-hydrogen) atoms. The van der Waals surface area contributed by atoms with Crippen molar-refractivity contribution in [2.75, 3.05) is 33.4 Å². The highest BCUT2D eigenvalue weighted by Crippen LogP contribution is 2.16. The molecule has 2 heterocycles. The minimum Gasteiger partial charge on any atom is -0.379 e. The van der Waals surface area contributed by atoms with E-state index in [2.05, 4.69) is 34.6 Å². The smallest absolute Gasteiger partial charge is 0.0795 e. The molecule has 2 unspecified atom stereocenters. The highest BCUT2D eigenvalue weighted by atomic mass is 32.1. The molecule has 0 spiro atoms. The summed E-state index contributed by atoms with van der Waals surface area (Å²) in [5.74, 6) is 0.596. The van der Waals surface area contributed by atoms with Crippen LogP contribution in [0.15, 0.2) is 10.9 Å². The van der Waals surface area contributed by atoms with E-state index in [1.54, 1.807) is 11.3 Å². The standard InChI is InChI=1S/C12H21N3OS/c1-3-13-12-7-16-6-10(12)4-15(2)5-11-8-17-9-14-11/h8-10,12-13H,3-7H2,1-2H3. The van der Waals surface area contributed by atoms with E-state index in [1.807, 2.05) is 5.51 Å². The normalized spacial score (nSPS) is 24.6. The number of rotatable bonds is 6. The average molecular weight is 255 g/mol. The highest BCUT2D eigenvalue weighted by molar-refractivity contribution is 7.07. The summed E-state index contributed by atoms with van der Waals surface area (Å²) in [5.41, 5.74) is 3.06. The first kappa shape index (κ1) is 13.0. The van der Waals surface area contributed by atoms with E-state index < -0.39 is 0 Å². The quantitative estimate of drug-likeness (QED) is 0.829. The topological polar surface area (TPSA) is 37.4 Å². The molecule has 96 valence electrons. The Kier molecular flexibility index (Phi) is 4.91. The second kappa shape index (κ2) is 6.44. The van der Waals surface area contributed by atoms with Crippen LogP contribution in [0, 0.1) is 5.92 Å². The number of hydrogen-bond donors (Lipinski definition) is 1. The van der Waals surface area contributed by atoms with Gasteiger partial charge in [0.2, 0.25) is 0 Å². The van der Waals surface area contributed by atoms with E-state index in [9.17, 15) is 0 Å². The Hall–Kier alpha value is -0.490. The Balaban J connectivity index is 1.79. The zero-order valence-electron chi connectivity index (χ0n) is 10.6. The van der Waals surface area contributed by atoms with E-state index in [4.69, 9.17) is 4.74 Å². The van der Waals surface area contributed by atoms with Gasteiger partial charge in [0, 0.05) is 30.4 Å². The molecule has 0 radical (unpaired) electrons. The number of hydrogen-bond acceptors (Lipinski definition) is 5. The largest absolute Gasteiger partial charge is 0.379 e. The van der Waals surface area contributed by atoms with E-state index >= 15 is 0 Å². The zero-order valence-corrected chi connectivity index (χ0v) is 11.4. The van der Waals surface area contributed by atoms with Crippen molar-refractivity contribution in [1.82, 2.24) is 15.2 Å². The van der Waals surface area contributed by atoms with E-state index in [-0.39, 0.29) is 0 Å². The van der Waals surface area contributed by atoms with Crippen LogP contribution in [0.2, 0.25) is 0 Å². The SMILES string of the molecule is CCNC1COCC1CN(C)Cc1cscn1. The lowest BCUT2D eigenvalue weighted by Crippen LogP contribution is -2.40. The third kappa shape index (κ3) is 3.74. The summed E-state index contributed by atoms with van der Waals surface area (Å²) in [6.07, 6.45) is 0. The molecule has 5 heteroatoms.